The van der Waals surface area contributed by atoms with Gasteiger partial charge >= 0.3 is 5.97 Å². The van der Waals surface area contributed by atoms with Crippen molar-refractivity contribution < 1.29 is 18.3 Å². The zero-order chi connectivity index (χ0) is 14.6. The van der Waals surface area contributed by atoms with E-state index < -0.39 is 27.0 Å². The molecule has 0 radical (unpaired) electrons. The Morgan fingerprint density at radius 1 is 1.16 bits per heavy atom. The number of aliphatic carboxylic acids is 1. The molecule has 0 aliphatic rings. The summed E-state index contributed by atoms with van der Waals surface area (Å²) in [5, 5.41) is 7.71. The normalized spacial score (nSPS) is 13.5. The topological polar surface area (TPSA) is 71.4 Å². The summed E-state index contributed by atoms with van der Waals surface area (Å²) >= 11 is 0. The summed E-state index contributed by atoms with van der Waals surface area (Å²) in [6.45, 7) is 5.23. The van der Waals surface area contributed by atoms with Crippen molar-refractivity contribution in [2.45, 2.75) is 38.2 Å². The van der Waals surface area contributed by atoms with E-state index in [1.165, 1.54) is 0 Å². The summed E-state index contributed by atoms with van der Waals surface area (Å²) in [4.78, 5) is 11.1. The van der Waals surface area contributed by atoms with Crippen LogP contribution in [0.2, 0.25) is 0 Å². The summed E-state index contributed by atoms with van der Waals surface area (Å²) in [5.74, 6) is -1.95. The molecule has 106 valence electrons. The number of carbonyl (C=O) groups is 1. The van der Waals surface area contributed by atoms with Crippen molar-refractivity contribution in [3.05, 3.63) is 35.4 Å². The Hall–Kier alpha value is -1.36. The summed E-state index contributed by atoms with van der Waals surface area (Å²) < 4.78 is 24.3. The fourth-order valence-electron chi connectivity index (χ4n) is 2.05. The van der Waals surface area contributed by atoms with E-state index >= 15 is 0 Å². The molecule has 1 rings (SSSR count). The highest BCUT2D eigenvalue weighted by Crippen LogP contribution is 2.18. The van der Waals surface area contributed by atoms with Crippen LogP contribution in [0.15, 0.2) is 24.3 Å². The Labute approximate surface area is 114 Å². The van der Waals surface area contributed by atoms with Crippen molar-refractivity contribution in [2.24, 2.45) is 5.92 Å². The molecule has 0 fully saturated rings. The molecule has 19 heavy (non-hydrogen) atoms. The second-order valence-electron chi connectivity index (χ2n) is 4.98. The lowest BCUT2D eigenvalue weighted by atomic mass is 10.1. The molecule has 0 spiro atoms. The quantitative estimate of drug-likeness (QED) is 0.870. The molecule has 0 amide bonds. The van der Waals surface area contributed by atoms with E-state index in [2.05, 4.69) is 0 Å². The molecular weight excluding hydrogens is 264 g/mol. The number of benzene rings is 1. The minimum absolute atomic E-state index is 0.230. The molecule has 1 N–H and O–H groups in total. The molecule has 0 saturated carbocycles. The summed E-state index contributed by atoms with van der Waals surface area (Å²) in [5.41, 5.74) is 1.75. The first-order valence-electron chi connectivity index (χ1n) is 6.30. The van der Waals surface area contributed by atoms with Gasteiger partial charge in [-0.3, -0.25) is 4.79 Å². The first-order chi connectivity index (χ1) is 8.77. The number of rotatable bonds is 6. The highest BCUT2D eigenvalue weighted by atomic mass is 32.2. The van der Waals surface area contributed by atoms with Gasteiger partial charge in [-0.15, -0.1) is 0 Å². The maximum atomic E-state index is 12.2. The SMILES string of the molecule is CCc1ccc(CS(=O)(=O)C(C(=O)O)C(C)C)cc1. The van der Waals surface area contributed by atoms with Crippen molar-refractivity contribution in [3.63, 3.8) is 0 Å². The molecule has 0 saturated heterocycles. The Kier molecular flexibility index (Phi) is 5.11. The zero-order valence-electron chi connectivity index (χ0n) is 11.5. The minimum Gasteiger partial charge on any atom is -0.480 e. The Bertz CT molecular complexity index is 529. The summed E-state index contributed by atoms with van der Waals surface area (Å²) in [7, 11) is -3.69. The molecule has 0 aliphatic heterocycles. The summed E-state index contributed by atoms with van der Waals surface area (Å²) in [6.07, 6.45) is 0.886. The van der Waals surface area contributed by atoms with Gasteiger partial charge in [0.1, 0.15) is 0 Å². The third-order valence-electron chi connectivity index (χ3n) is 3.03. The number of sulfone groups is 1. The first kappa shape index (κ1) is 15.7. The lowest BCUT2D eigenvalue weighted by Gasteiger charge is -2.17. The molecule has 1 unspecified atom stereocenters. The van der Waals surface area contributed by atoms with E-state index in [0.29, 0.717) is 5.56 Å². The Balaban J connectivity index is 2.97. The van der Waals surface area contributed by atoms with Gasteiger partial charge in [-0.2, -0.15) is 0 Å². The maximum absolute atomic E-state index is 12.2. The van der Waals surface area contributed by atoms with Crippen LogP contribution in [-0.4, -0.2) is 24.7 Å². The molecule has 1 aromatic carbocycles. The molecule has 0 heterocycles. The van der Waals surface area contributed by atoms with E-state index in [4.69, 9.17) is 5.11 Å². The average molecular weight is 284 g/mol. The molecule has 1 aromatic rings. The molecular formula is C14H20O4S. The monoisotopic (exact) mass is 284 g/mol. The van der Waals surface area contributed by atoms with Crippen LogP contribution in [0.5, 0.6) is 0 Å². The molecule has 0 bridgehead atoms. The predicted molar refractivity (Wildman–Crippen MR) is 74.7 cm³/mol. The summed E-state index contributed by atoms with van der Waals surface area (Å²) in [6, 6.07) is 7.23. The second-order valence-corrected chi connectivity index (χ2v) is 7.10. The van der Waals surface area contributed by atoms with Gasteiger partial charge in [-0.1, -0.05) is 45.0 Å². The molecule has 1 atom stereocenters. The third kappa shape index (κ3) is 4.06. The standard InChI is InChI=1S/C14H20O4S/c1-4-11-5-7-12(8-6-11)9-19(17,18)13(10(2)3)14(15)16/h5-8,10,13H,4,9H2,1-3H3,(H,15,16). The van der Waals surface area contributed by atoms with Crippen LogP contribution in [0.4, 0.5) is 0 Å². The first-order valence-corrected chi connectivity index (χ1v) is 8.01. The second kappa shape index (κ2) is 6.19. The largest absolute Gasteiger partial charge is 0.480 e. The van der Waals surface area contributed by atoms with Gasteiger partial charge in [0.05, 0.1) is 5.75 Å². The van der Waals surface area contributed by atoms with E-state index in [0.717, 1.165) is 12.0 Å². The smallest absolute Gasteiger partial charge is 0.322 e. The lowest BCUT2D eigenvalue weighted by Crippen LogP contribution is -2.35. The van der Waals surface area contributed by atoms with Gasteiger partial charge in [0.15, 0.2) is 15.1 Å². The number of hydrogen-bond donors (Lipinski definition) is 1. The van der Waals surface area contributed by atoms with Gasteiger partial charge in [0.25, 0.3) is 0 Å². The maximum Gasteiger partial charge on any atom is 0.322 e. The molecule has 5 heteroatoms. The van der Waals surface area contributed by atoms with Crippen LogP contribution in [0.3, 0.4) is 0 Å². The van der Waals surface area contributed by atoms with Crippen LogP contribution in [-0.2, 0) is 26.8 Å². The van der Waals surface area contributed by atoms with E-state index in [1.807, 2.05) is 19.1 Å². The van der Waals surface area contributed by atoms with Crippen molar-refractivity contribution in [1.82, 2.24) is 0 Å². The van der Waals surface area contributed by atoms with Crippen LogP contribution >= 0.6 is 0 Å². The van der Waals surface area contributed by atoms with Gasteiger partial charge in [0, 0.05) is 0 Å². The van der Waals surface area contributed by atoms with E-state index in [9.17, 15) is 13.2 Å². The fraction of sp³-hybridized carbons (Fsp3) is 0.500. The number of carboxylic acid groups (broad SMARTS) is 1. The lowest BCUT2D eigenvalue weighted by molar-refractivity contribution is -0.137. The van der Waals surface area contributed by atoms with Crippen LogP contribution in [0.25, 0.3) is 0 Å². The van der Waals surface area contributed by atoms with Crippen LogP contribution in [0.1, 0.15) is 31.9 Å². The van der Waals surface area contributed by atoms with Crippen LogP contribution in [0, 0.1) is 5.92 Å². The van der Waals surface area contributed by atoms with Gasteiger partial charge < -0.3 is 5.11 Å². The van der Waals surface area contributed by atoms with Crippen molar-refractivity contribution >= 4 is 15.8 Å². The average Bonchev–Trinajstić information content (AvgIpc) is 2.27. The van der Waals surface area contributed by atoms with Crippen molar-refractivity contribution in [3.8, 4) is 0 Å². The van der Waals surface area contributed by atoms with Crippen molar-refractivity contribution in [1.29, 1.82) is 0 Å². The highest BCUT2D eigenvalue weighted by molar-refractivity contribution is 7.92. The third-order valence-corrected chi connectivity index (χ3v) is 5.29. The molecule has 4 nitrogen and oxygen atoms in total. The number of aryl methyl sites for hydroxylation is 1. The van der Waals surface area contributed by atoms with Gasteiger partial charge in [0.2, 0.25) is 0 Å². The predicted octanol–water partition coefficient (Wildman–Crippen LogP) is 2.27. The van der Waals surface area contributed by atoms with Crippen molar-refractivity contribution in [2.75, 3.05) is 0 Å². The number of carboxylic acids is 1. The Morgan fingerprint density at radius 3 is 2.00 bits per heavy atom. The van der Waals surface area contributed by atoms with E-state index in [1.54, 1.807) is 26.0 Å². The van der Waals surface area contributed by atoms with Gasteiger partial charge in [-0.05, 0) is 23.5 Å². The Morgan fingerprint density at radius 2 is 1.63 bits per heavy atom. The molecule has 0 aromatic heterocycles. The van der Waals surface area contributed by atoms with E-state index in [-0.39, 0.29) is 5.75 Å². The number of hydrogen-bond acceptors (Lipinski definition) is 3. The molecule has 0 aliphatic carbocycles. The highest BCUT2D eigenvalue weighted by Gasteiger charge is 2.35. The fourth-order valence-corrected chi connectivity index (χ4v) is 4.02. The zero-order valence-corrected chi connectivity index (χ0v) is 12.3. The minimum atomic E-state index is -3.69. The van der Waals surface area contributed by atoms with Crippen LogP contribution < -0.4 is 0 Å². The van der Waals surface area contributed by atoms with Gasteiger partial charge in [-0.25, -0.2) is 8.42 Å².